The van der Waals surface area contributed by atoms with Gasteiger partial charge in [-0.05, 0) is 12.0 Å². The van der Waals surface area contributed by atoms with E-state index in [2.05, 4.69) is 10.5 Å². The molecule has 0 saturated carbocycles. The molecule has 0 radical (unpaired) electrons. The second-order valence-corrected chi connectivity index (χ2v) is 3.01. The molecule has 1 aromatic rings. The Kier molecular flexibility index (Phi) is 8.05. The van der Waals surface area contributed by atoms with E-state index in [0.29, 0.717) is 6.42 Å². The van der Waals surface area contributed by atoms with E-state index in [1.54, 1.807) is 0 Å². The van der Waals surface area contributed by atoms with Crippen LogP contribution in [0.15, 0.2) is 30.3 Å². The zero-order chi connectivity index (χ0) is 12.4. The number of aryl methyl sites for hydroxylation is 1. The highest BCUT2D eigenvalue weighted by atomic mass is 16.6. The van der Waals surface area contributed by atoms with Crippen molar-refractivity contribution in [3.05, 3.63) is 35.9 Å². The van der Waals surface area contributed by atoms with Crippen LogP contribution in [0.2, 0.25) is 0 Å². The minimum atomic E-state index is -1.12. The SMILES string of the molecule is COC(N)O.O=C(O)CCc1ccccc1. The first kappa shape index (κ1) is 14.6. The summed E-state index contributed by atoms with van der Waals surface area (Å²) >= 11 is 0. The number of aliphatic carboxylic acids is 1. The average molecular weight is 227 g/mol. The fraction of sp³-hybridized carbons (Fsp3) is 0.364. The predicted octanol–water partition coefficient (Wildman–Crippen LogP) is 0.571. The fourth-order valence-electron chi connectivity index (χ4n) is 0.896. The van der Waals surface area contributed by atoms with Crippen molar-refractivity contribution in [2.24, 2.45) is 5.73 Å². The van der Waals surface area contributed by atoms with Gasteiger partial charge in [-0.25, -0.2) is 0 Å². The molecule has 0 aromatic heterocycles. The lowest BCUT2D eigenvalue weighted by molar-refractivity contribution is -0.136. The van der Waals surface area contributed by atoms with Gasteiger partial charge in [0.15, 0.2) is 0 Å². The van der Waals surface area contributed by atoms with Crippen LogP contribution in [0.5, 0.6) is 0 Å². The van der Waals surface area contributed by atoms with Crippen molar-refractivity contribution in [1.29, 1.82) is 0 Å². The minimum absolute atomic E-state index is 0.212. The van der Waals surface area contributed by atoms with E-state index in [4.69, 9.17) is 10.2 Å². The molecule has 1 aromatic carbocycles. The topological polar surface area (TPSA) is 92.8 Å². The van der Waals surface area contributed by atoms with Crippen LogP contribution in [-0.4, -0.2) is 29.7 Å². The summed E-state index contributed by atoms with van der Waals surface area (Å²) in [4.78, 5) is 10.2. The third kappa shape index (κ3) is 9.14. The predicted molar refractivity (Wildman–Crippen MR) is 59.6 cm³/mol. The Labute approximate surface area is 94.5 Å². The second-order valence-electron chi connectivity index (χ2n) is 3.01. The summed E-state index contributed by atoms with van der Waals surface area (Å²) in [6.07, 6.45) is -0.282. The molecule has 4 N–H and O–H groups in total. The number of aliphatic hydroxyl groups is 1. The molecular weight excluding hydrogens is 210 g/mol. The number of aliphatic hydroxyl groups excluding tert-OH is 1. The zero-order valence-electron chi connectivity index (χ0n) is 9.17. The highest BCUT2D eigenvalue weighted by Gasteiger charge is 1.96. The van der Waals surface area contributed by atoms with E-state index in [1.807, 2.05) is 30.3 Å². The largest absolute Gasteiger partial charge is 0.481 e. The quantitative estimate of drug-likeness (QED) is 0.654. The number of carboxylic acid groups (broad SMARTS) is 1. The molecule has 1 rings (SSSR count). The molecule has 1 atom stereocenters. The summed E-state index contributed by atoms with van der Waals surface area (Å²) < 4.78 is 4.08. The Hall–Kier alpha value is -1.43. The van der Waals surface area contributed by atoms with Gasteiger partial charge in [0.2, 0.25) is 6.41 Å². The first-order valence-electron chi connectivity index (χ1n) is 4.78. The van der Waals surface area contributed by atoms with E-state index < -0.39 is 12.4 Å². The molecule has 0 saturated heterocycles. The van der Waals surface area contributed by atoms with Crippen molar-refractivity contribution >= 4 is 5.97 Å². The average Bonchev–Trinajstić information content (AvgIpc) is 2.28. The number of hydrogen-bond donors (Lipinski definition) is 3. The van der Waals surface area contributed by atoms with Crippen molar-refractivity contribution in [2.45, 2.75) is 19.3 Å². The maximum absolute atomic E-state index is 10.2. The lowest BCUT2D eigenvalue weighted by Gasteiger charge is -1.95. The molecule has 0 bridgehead atoms. The van der Waals surface area contributed by atoms with Crippen LogP contribution in [0.25, 0.3) is 0 Å². The molecule has 90 valence electrons. The molecule has 5 heteroatoms. The molecule has 0 heterocycles. The normalized spacial score (nSPS) is 11.2. The Morgan fingerprint density at radius 1 is 1.44 bits per heavy atom. The smallest absolute Gasteiger partial charge is 0.303 e. The first-order valence-corrected chi connectivity index (χ1v) is 4.78. The highest BCUT2D eigenvalue weighted by molar-refractivity contribution is 5.67. The Bertz CT molecular complexity index is 287. The van der Waals surface area contributed by atoms with Gasteiger partial charge >= 0.3 is 5.97 Å². The van der Waals surface area contributed by atoms with Crippen molar-refractivity contribution in [3.8, 4) is 0 Å². The summed E-state index contributed by atoms with van der Waals surface area (Å²) in [7, 11) is 1.32. The lowest BCUT2D eigenvalue weighted by Crippen LogP contribution is -2.19. The summed E-state index contributed by atoms with van der Waals surface area (Å²) in [6.45, 7) is 0. The molecule has 0 spiro atoms. The van der Waals surface area contributed by atoms with E-state index in [9.17, 15) is 4.79 Å². The van der Waals surface area contributed by atoms with Crippen LogP contribution >= 0.6 is 0 Å². The molecule has 0 aliphatic carbocycles. The molecule has 1 unspecified atom stereocenters. The van der Waals surface area contributed by atoms with Gasteiger partial charge in [0.25, 0.3) is 0 Å². The van der Waals surface area contributed by atoms with Crippen LogP contribution in [0.4, 0.5) is 0 Å². The van der Waals surface area contributed by atoms with Gasteiger partial charge in [-0.2, -0.15) is 0 Å². The number of nitrogens with two attached hydrogens (primary N) is 1. The maximum Gasteiger partial charge on any atom is 0.303 e. The standard InChI is InChI=1S/C9H10O2.C2H7NO2/c10-9(11)7-6-8-4-2-1-3-5-8;1-5-2(3)4/h1-5H,6-7H2,(H,10,11);2,4H,3H2,1H3. The molecule has 0 aliphatic heterocycles. The number of carbonyl (C=O) groups is 1. The second kappa shape index (κ2) is 8.84. The summed E-state index contributed by atoms with van der Waals surface area (Å²) in [5.41, 5.74) is 5.70. The van der Waals surface area contributed by atoms with Gasteiger partial charge in [0, 0.05) is 13.5 Å². The van der Waals surface area contributed by atoms with Gasteiger partial charge in [-0.3, -0.25) is 10.5 Å². The Morgan fingerprint density at radius 2 is 1.94 bits per heavy atom. The van der Waals surface area contributed by atoms with E-state index >= 15 is 0 Å². The Balaban J connectivity index is 0.000000385. The number of benzene rings is 1. The highest BCUT2D eigenvalue weighted by Crippen LogP contribution is 2.01. The van der Waals surface area contributed by atoms with Gasteiger partial charge < -0.3 is 14.9 Å². The third-order valence-corrected chi connectivity index (χ3v) is 1.71. The molecule has 0 aliphatic rings. The first-order chi connectivity index (χ1) is 7.56. The molecule has 16 heavy (non-hydrogen) atoms. The van der Waals surface area contributed by atoms with Crippen LogP contribution in [0.3, 0.4) is 0 Å². The van der Waals surface area contributed by atoms with Gasteiger partial charge in [-0.1, -0.05) is 30.3 Å². The lowest BCUT2D eigenvalue weighted by atomic mass is 10.1. The molecule has 0 amide bonds. The van der Waals surface area contributed by atoms with Crippen LogP contribution in [0, 0.1) is 0 Å². The molecule has 5 nitrogen and oxygen atoms in total. The summed E-state index contributed by atoms with van der Waals surface area (Å²) in [5.74, 6) is -0.742. The maximum atomic E-state index is 10.2. The fourth-order valence-corrected chi connectivity index (χ4v) is 0.896. The van der Waals surface area contributed by atoms with Crippen molar-refractivity contribution in [2.75, 3.05) is 7.11 Å². The number of carboxylic acids is 1. The van der Waals surface area contributed by atoms with E-state index in [-0.39, 0.29) is 6.42 Å². The summed E-state index contributed by atoms with van der Waals surface area (Å²) in [6, 6.07) is 9.62. The monoisotopic (exact) mass is 227 g/mol. The van der Waals surface area contributed by atoms with Gasteiger partial charge in [-0.15, -0.1) is 0 Å². The van der Waals surface area contributed by atoms with Crippen molar-refractivity contribution < 1.29 is 19.7 Å². The third-order valence-electron chi connectivity index (χ3n) is 1.71. The number of methoxy groups -OCH3 is 1. The molecular formula is C11H17NO4. The van der Waals surface area contributed by atoms with Crippen LogP contribution in [0.1, 0.15) is 12.0 Å². The number of rotatable bonds is 4. The molecule has 0 fully saturated rings. The van der Waals surface area contributed by atoms with Crippen molar-refractivity contribution in [3.63, 3.8) is 0 Å². The van der Waals surface area contributed by atoms with Gasteiger partial charge in [0.1, 0.15) is 0 Å². The van der Waals surface area contributed by atoms with E-state index in [0.717, 1.165) is 5.56 Å². The van der Waals surface area contributed by atoms with Crippen LogP contribution < -0.4 is 5.73 Å². The summed E-state index contributed by atoms with van der Waals surface area (Å²) in [5, 5.41) is 16.3. The van der Waals surface area contributed by atoms with Gasteiger partial charge in [0.05, 0.1) is 0 Å². The van der Waals surface area contributed by atoms with Crippen LogP contribution in [-0.2, 0) is 16.0 Å². The minimum Gasteiger partial charge on any atom is -0.481 e. The Morgan fingerprint density at radius 3 is 2.31 bits per heavy atom. The van der Waals surface area contributed by atoms with E-state index in [1.165, 1.54) is 7.11 Å². The van der Waals surface area contributed by atoms with Crippen molar-refractivity contribution in [1.82, 2.24) is 0 Å². The zero-order valence-corrected chi connectivity index (χ0v) is 9.17. The number of hydrogen-bond acceptors (Lipinski definition) is 4. The number of ether oxygens (including phenoxy) is 1.